The third-order valence-electron chi connectivity index (χ3n) is 4.16. The van der Waals surface area contributed by atoms with Crippen molar-refractivity contribution < 1.29 is 9.59 Å². The number of amides is 2. The molecule has 1 aliphatic rings. The largest absolute Gasteiger partial charge is 0.327 e. The summed E-state index contributed by atoms with van der Waals surface area (Å²) < 4.78 is 0. The molecule has 1 aromatic rings. The van der Waals surface area contributed by atoms with Crippen LogP contribution in [0.5, 0.6) is 0 Å². The molecule has 0 spiro atoms. The fourth-order valence-corrected chi connectivity index (χ4v) is 2.74. The molecular weight excluding hydrogens is 340 g/mol. The molecule has 1 aliphatic heterocycles. The SMILES string of the molecule is CC/C=C/C(C#N)=C\C=C(/C)NC(=O)N1CCCCc2ccc(C=O)nc21. The van der Waals surface area contributed by atoms with Crippen LogP contribution in [-0.2, 0) is 6.42 Å². The molecule has 1 aromatic heterocycles. The van der Waals surface area contributed by atoms with Crippen LogP contribution in [0, 0.1) is 11.3 Å². The average Bonchev–Trinajstić information content (AvgIpc) is 2.89. The minimum atomic E-state index is -0.293. The number of aromatic nitrogens is 1. The van der Waals surface area contributed by atoms with Crippen molar-refractivity contribution in [3.63, 3.8) is 0 Å². The second-order valence-electron chi connectivity index (χ2n) is 6.27. The number of carbonyl (C=O) groups is 2. The molecule has 0 saturated heterocycles. The Bertz CT molecular complexity index is 831. The van der Waals surface area contributed by atoms with Crippen LogP contribution in [0.25, 0.3) is 0 Å². The first-order chi connectivity index (χ1) is 13.1. The van der Waals surface area contributed by atoms with Gasteiger partial charge in [-0.2, -0.15) is 5.26 Å². The summed E-state index contributed by atoms with van der Waals surface area (Å²) in [4.78, 5) is 29.7. The summed E-state index contributed by atoms with van der Waals surface area (Å²) in [5, 5.41) is 11.9. The van der Waals surface area contributed by atoms with Gasteiger partial charge in [0.25, 0.3) is 0 Å². The van der Waals surface area contributed by atoms with Gasteiger partial charge in [-0.3, -0.25) is 9.69 Å². The zero-order chi connectivity index (χ0) is 19.6. The molecule has 2 rings (SSSR count). The number of anilines is 1. The molecule has 6 heteroatoms. The second kappa shape index (κ2) is 10.1. The van der Waals surface area contributed by atoms with E-state index in [0.717, 1.165) is 31.2 Å². The Morgan fingerprint density at radius 1 is 1.37 bits per heavy atom. The highest BCUT2D eigenvalue weighted by molar-refractivity contribution is 5.93. The van der Waals surface area contributed by atoms with Crippen LogP contribution in [0.2, 0.25) is 0 Å². The molecule has 0 fully saturated rings. The van der Waals surface area contributed by atoms with Crippen LogP contribution >= 0.6 is 0 Å². The van der Waals surface area contributed by atoms with E-state index in [2.05, 4.69) is 16.4 Å². The van der Waals surface area contributed by atoms with Crippen LogP contribution < -0.4 is 10.2 Å². The van der Waals surface area contributed by atoms with Crippen LogP contribution in [-0.4, -0.2) is 23.8 Å². The average molecular weight is 364 g/mol. The molecule has 0 aliphatic carbocycles. The lowest BCUT2D eigenvalue weighted by Crippen LogP contribution is -2.40. The number of hydrogen-bond acceptors (Lipinski definition) is 4. The highest BCUT2D eigenvalue weighted by atomic mass is 16.2. The van der Waals surface area contributed by atoms with Crippen molar-refractivity contribution in [3.05, 3.63) is 59.0 Å². The summed E-state index contributed by atoms with van der Waals surface area (Å²) in [5.74, 6) is 0.543. The molecule has 27 heavy (non-hydrogen) atoms. The van der Waals surface area contributed by atoms with E-state index < -0.39 is 0 Å². The Morgan fingerprint density at radius 2 is 2.19 bits per heavy atom. The number of aldehydes is 1. The number of nitrogens with one attached hydrogen (secondary N) is 1. The minimum Gasteiger partial charge on any atom is -0.312 e. The van der Waals surface area contributed by atoms with E-state index in [1.807, 2.05) is 19.1 Å². The third kappa shape index (κ3) is 5.65. The van der Waals surface area contributed by atoms with E-state index in [1.165, 1.54) is 0 Å². The predicted molar refractivity (Wildman–Crippen MR) is 105 cm³/mol. The molecule has 0 aromatic carbocycles. The highest BCUT2D eigenvalue weighted by Gasteiger charge is 2.23. The standard InChI is InChI=1S/C21H24N4O2/c1-3-4-7-17(14-22)10-9-16(2)23-21(27)25-13-6-5-8-18-11-12-19(15-26)24-20(18)25/h4,7,9-12,15H,3,5-6,8,13H2,1-2H3,(H,23,27)/b7-4+,16-9+,17-10+. The number of nitriles is 1. The number of allylic oxidation sites excluding steroid dienone is 6. The monoisotopic (exact) mass is 364 g/mol. The fourth-order valence-electron chi connectivity index (χ4n) is 2.74. The predicted octanol–water partition coefficient (Wildman–Crippen LogP) is 4.07. The van der Waals surface area contributed by atoms with E-state index in [1.54, 1.807) is 36.1 Å². The van der Waals surface area contributed by atoms with Crippen LogP contribution in [0.15, 0.2) is 47.7 Å². The van der Waals surface area contributed by atoms with Gasteiger partial charge in [0.15, 0.2) is 6.29 Å². The fraction of sp³-hybridized carbons (Fsp3) is 0.333. The molecule has 2 heterocycles. The third-order valence-corrected chi connectivity index (χ3v) is 4.16. The minimum absolute atomic E-state index is 0.293. The van der Waals surface area contributed by atoms with Crippen molar-refractivity contribution in [1.82, 2.24) is 10.3 Å². The van der Waals surface area contributed by atoms with Gasteiger partial charge in [-0.25, -0.2) is 9.78 Å². The molecule has 0 unspecified atom stereocenters. The summed E-state index contributed by atoms with van der Waals surface area (Å²) in [6.07, 6.45) is 11.2. The molecule has 140 valence electrons. The molecule has 1 N–H and O–H groups in total. The van der Waals surface area contributed by atoms with Crippen molar-refractivity contribution >= 4 is 18.1 Å². The van der Waals surface area contributed by atoms with Gasteiger partial charge in [0.05, 0.1) is 11.6 Å². The molecule has 0 radical (unpaired) electrons. The van der Waals surface area contributed by atoms with Gasteiger partial charge in [-0.15, -0.1) is 0 Å². The first kappa shape index (κ1) is 20.1. The zero-order valence-electron chi connectivity index (χ0n) is 15.7. The maximum atomic E-state index is 12.8. The lowest BCUT2D eigenvalue weighted by atomic mass is 10.1. The zero-order valence-corrected chi connectivity index (χ0v) is 15.7. The van der Waals surface area contributed by atoms with E-state index in [-0.39, 0.29) is 6.03 Å². The summed E-state index contributed by atoms with van der Waals surface area (Å²) in [7, 11) is 0. The number of aryl methyl sites for hydroxylation is 1. The van der Waals surface area contributed by atoms with E-state index in [0.29, 0.717) is 35.6 Å². The summed E-state index contributed by atoms with van der Waals surface area (Å²) >= 11 is 0. The van der Waals surface area contributed by atoms with Crippen LogP contribution in [0.1, 0.15) is 49.2 Å². The number of hydrogen-bond donors (Lipinski definition) is 1. The summed E-state index contributed by atoms with van der Waals surface area (Å²) in [5.41, 5.74) is 2.41. The van der Waals surface area contributed by atoms with Crippen molar-refractivity contribution in [1.29, 1.82) is 5.26 Å². The Hall–Kier alpha value is -3.20. The van der Waals surface area contributed by atoms with Crippen LogP contribution in [0.3, 0.4) is 0 Å². The second-order valence-corrected chi connectivity index (χ2v) is 6.27. The van der Waals surface area contributed by atoms with Gasteiger partial charge in [0, 0.05) is 12.2 Å². The van der Waals surface area contributed by atoms with Crippen molar-refractivity contribution in [3.8, 4) is 6.07 Å². The van der Waals surface area contributed by atoms with Crippen molar-refractivity contribution in [2.45, 2.75) is 39.5 Å². The van der Waals surface area contributed by atoms with Gasteiger partial charge >= 0.3 is 6.03 Å². The Morgan fingerprint density at radius 3 is 2.89 bits per heavy atom. The van der Waals surface area contributed by atoms with E-state index in [4.69, 9.17) is 5.26 Å². The van der Waals surface area contributed by atoms with Gasteiger partial charge in [-0.05, 0) is 62.5 Å². The summed E-state index contributed by atoms with van der Waals surface area (Å²) in [6.45, 7) is 4.30. The molecule has 0 bridgehead atoms. The van der Waals surface area contributed by atoms with Gasteiger partial charge < -0.3 is 5.32 Å². The maximum absolute atomic E-state index is 12.8. The van der Waals surface area contributed by atoms with Gasteiger partial charge in [0.2, 0.25) is 0 Å². The molecular formula is C21H24N4O2. The number of urea groups is 1. The Balaban J connectivity index is 2.19. The number of carbonyl (C=O) groups excluding carboxylic acids is 2. The smallest absolute Gasteiger partial charge is 0.312 e. The summed E-state index contributed by atoms with van der Waals surface area (Å²) in [6, 6.07) is 5.35. The van der Waals surface area contributed by atoms with E-state index in [9.17, 15) is 9.59 Å². The number of pyridine rings is 1. The van der Waals surface area contributed by atoms with Crippen molar-refractivity contribution in [2.24, 2.45) is 0 Å². The van der Waals surface area contributed by atoms with E-state index >= 15 is 0 Å². The van der Waals surface area contributed by atoms with Crippen LogP contribution in [0.4, 0.5) is 10.6 Å². The Labute approximate surface area is 159 Å². The molecule has 0 atom stereocenters. The quantitative estimate of drug-likeness (QED) is 0.485. The first-order valence-corrected chi connectivity index (χ1v) is 9.08. The lowest BCUT2D eigenvalue weighted by Gasteiger charge is -2.22. The highest BCUT2D eigenvalue weighted by Crippen LogP contribution is 2.24. The first-order valence-electron chi connectivity index (χ1n) is 9.08. The Kier molecular flexibility index (Phi) is 7.50. The molecule has 6 nitrogen and oxygen atoms in total. The van der Waals surface area contributed by atoms with Crippen molar-refractivity contribution in [2.75, 3.05) is 11.4 Å². The molecule has 2 amide bonds. The molecule has 0 saturated carbocycles. The van der Waals surface area contributed by atoms with Gasteiger partial charge in [0.1, 0.15) is 11.5 Å². The number of fused-ring (bicyclic) bond motifs is 1. The topological polar surface area (TPSA) is 86.1 Å². The normalized spacial score (nSPS) is 15.1. The maximum Gasteiger partial charge on any atom is 0.327 e. The number of nitrogens with zero attached hydrogens (tertiary/aromatic N) is 3. The lowest BCUT2D eigenvalue weighted by molar-refractivity contribution is 0.111. The van der Waals surface area contributed by atoms with Gasteiger partial charge in [-0.1, -0.05) is 19.1 Å². The number of rotatable bonds is 5.